The number of hydrogen-bond acceptors (Lipinski definition) is 3. The number of ether oxygens (including phenoxy) is 1. The van der Waals surface area contributed by atoms with Gasteiger partial charge in [0.1, 0.15) is 0 Å². The van der Waals surface area contributed by atoms with Crippen molar-refractivity contribution in [3.05, 3.63) is 0 Å². The Hall–Kier alpha value is -0.610. The predicted molar refractivity (Wildman–Crippen MR) is 75.7 cm³/mol. The molecule has 2 atom stereocenters. The smallest absolute Gasteiger partial charge is 0.241 e. The Labute approximate surface area is 116 Å². The third-order valence-electron chi connectivity index (χ3n) is 4.05. The van der Waals surface area contributed by atoms with Gasteiger partial charge in [0.25, 0.3) is 0 Å². The van der Waals surface area contributed by atoms with E-state index in [0.29, 0.717) is 12.5 Å². The number of nitrogens with zero attached hydrogens (tertiary/aromatic N) is 1. The van der Waals surface area contributed by atoms with Crippen LogP contribution in [0, 0.1) is 11.8 Å². The summed E-state index contributed by atoms with van der Waals surface area (Å²) < 4.78 is 5.67. The van der Waals surface area contributed by atoms with Crippen LogP contribution in [0.4, 0.5) is 0 Å². The molecule has 0 spiro atoms. The second kappa shape index (κ2) is 6.71. The Morgan fingerprint density at radius 3 is 2.74 bits per heavy atom. The molecule has 2 rings (SSSR count). The molecule has 1 amide bonds. The predicted octanol–water partition coefficient (Wildman–Crippen LogP) is 2.00. The van der Waals surface area contributed by atoms with Crippen molar-refractivity contribution in [2.75, 3.05) is 19.8 Å². The third kappa shape index (κ3) is 3.93. The topological polar surface area (TPSA) is 41.6 Å². The quantitative estimate of drug-likeness (QED) is 0.685. The van der Waals surface area contributed by atoms with Gasteiger partial charge in [-0.15, -0.1) is 0 Å². The highest BCUT2D eigenvalue weighted by Crippen LogP contribution is 2.28. The van der Waals surface area contributed by atoms with Gasteiger partial charge in [-0.2, -0.15) is 0 Å². The fourth-order valence-corrected chi connectivity index (χ4v) is 2.65. The molecular formula is C15H28N2O2. The Morgan fingerprint density at radius 1 is 1.42 bits per heavy atom. The Kier molecular flexibility index (Phi) is 5.22. The molecule has 2 fully saturated rings. The number of carbonyl (C=O) groups is 1. The first-order valence-corrected chi connectivity index (χ1v) is 7.77. The Balaban J connectivity index is 1.80. The molecule has 4 nitrogen and oxygen atoms in total. The van der Waals surface area contributed by atoms with E-state index in [1.807, 2.05) is 4.90 Å². The summed E-state index contributed by atoms with van der Waals surface area (Å²) in [6, 6.07) is -0.0139. The van der Waals surface area contributed by atoms with Crippen LogP contribution >= 0.6 is 0 Å². The summed E-state index contributed by atoms with van der Waals surface area (Å²) in [6.45, 7) is 8.65. The maximum absolute atomic E-state index is 12.4. The molecule has 1 aliphatic carbocycles. The molecule has 2 aliphatic rings. The highest BCUT2D eigenvalue weighted by molar-refractivity contribution is 5.84. The van der Waals surface area contributed by atoms with Crippen molar-refractivity contribution in [2.24, 2.45) is 11.8 Å². The normalized spacial score (nSPS) is 27.6. The number of rotatable bonds is 8. The minimum Gasteiger partial charge on any atom is -0.379 e. The monoisotopic (exact) mass is 268 g/mol. The summed E-state index contributed by atoms with van der Waals surface area (Å²) in [5, 5.41) is 3.47. The van der Waals surface area contributed by atoms with Crippen molar-refractivity contribution in [2.45, 2.75) is 58.7 Å². The third-order valence-corrected chi connectivity index (χ3v) is 4.05. The van der Waals surface area contributed by atoms with Gasteiger partial charge in [0.05, 0.1) is 18.8 Å². The number of nitrogens with one attached hydrogen (secondary N) is 1. The SMILES string of the molecule is CCCC1NC(C(C)C)C(=O)N1CCOCC1CC1. The van der Waals surface area contributed by atoms with Crippen LogP contribution in [0.3, 0.4) is 0 Å². The van der Waals surface area contributed by atoms with Crippen molar-refractivity contribution in [1.82, 2.24) is 10.2 Å². The lowest BCUT2D eigenvalue weighted by molar-refractivity contribution is -0.131. The zero-order valence-electron chi connectivity index (χ0n) is 12.5. The minimum absolute atomic E-state index is 0.0139. The van der Waals surface area contributed by atoms with Crippen LogP contribution in [-0.4, -0.2) is 42.8 Å². The minimum atomic E-state index is -0.0139. The molecule has 110 valence electrons. The van der Waals surface area contributed by atoms with Crippen LogP contribution in [-0.2, 0) is 9.53 Å². The van der Waals surface area contributed by atoms with E-state index in [4.69, 9.17) is 4.74 Å². The molecule has 1 saturated carbocycles. The van der Waals surface area contributed by atoms with Crippen LogP contribution in [0.1, 0.15) is 46.5 Å². The van der Waals surface area contributed by atoms with E-state index >= 15 is 0 Å². The van der Waals surface area contributed by atoms with Crippen LogP contribution in [0.2, 0.25) is 0 Å². The summed E-state index contributed by atoms with van der Waals surface area (Å²) >= 11 is 0. The van der Waals surface area contributed by atoms with Gasteiger partial charge in [-0.05, 0) is 31.1 Å². The molecule has 4 heteroatoms. The van der Waals surface area contributed by atoms with E-state index in [2.05, 4.69) is 26.1 Å². The Bertz CT molecular complexity index is 303. The molecule has 0 aromatic carbocycles. The molecule has 0 aromatic rings. The van der Waals surface area contributed by atoms with Gasteiger partial charge in [-0.1, -0.05) is 27.2 Å². The summed E-state index contributed by atoms with van der Waals surface area (Å²) in [6.07, 6.45) is 4.96. The standard InChI is InChI=1S/C15H28N2O2/c1-4-5-13-16-14(11(2)3)15(18)17(13)8-9-19-10-12-6-7-12/h11-14,16H,4-10H2,1-3H3. The van der Waals surface area contributed by atoms with Gasteiger partial charge in [0, 0.05) is 13.2 Å². The molecule has 0 aromatic heterocycles. The first kappa shape index (κ1) is 14.8. The van der Waals surface area contributed by atoms with E-state index < -0.39 is 0 Å². The lowest BCUT2D eigenvalue weighted by atomic mass is 10.1. The summed E-state index contributed by atoms with van der Waals surface area (Å²) in [5.41, 5.74) is 0. The van der Waals surface area contributed by atoms with Gasteiger partial charge in [0.15, 0.2) is 0 Å². The number of amides is 1. The van der Waals surface area contributed by atoms with Crippen molar-refractivity contribution < 1.29 is 9.53 Å². The van der Waals surface area contributed by atoms with Crippen LogP contribution < -0.4 is 5.32 Å². The lowest BCUT2D eigenvalue weighted by Gasteiger charge is -2.23. The van der Waals surface area contributed by atoms with E-state index in [0.717, 1.165) is 31.9 Å². The van der Waals surface area contributed by atoms with Gasteiger partial charge < -0.3 is 9.64 Å². The first-order chi connectivity index (χ1) is 9.13. The maximum atomic E-state index is 12.4. The van der Waals surface area contributed by atoms with Crippen molar-refractivity contribution in [3.63, 3.8) is 0 Å². The average molecular weight is 268 g/mol. The zero-order valence-corrected chi connectivity index (χ0v) is 12.5. The molecule has 0 radical (unpaired) electrons. The highest BCUT2D eigenvalue weighted by Gasteiger charge is 2.39. The van der Waals surface area contributed by atoms with Crippen molar-refractivity contribution in [3.8, 4) is 0 Å². The lowest BCUT2D eigenvalue weighted by Crippen LogP contribution is -2.39. The van der Waals surface area contributed by atoms with E-state index in [9.17, 15) is 4.79 Å². The van der Waals surface area contributed by atoms with Crippen LogP contribution in [0.5, 0.6) is 0 Å². The summed E-state index contributed by atoms with van der Waals surface area (Å²) in [4.78, 5) is 14.4. The van der Waals surface area contributed by atoms with Gasteiger partial charge >= 0.3 is 0 Å². The molecule has 19 heavy (non-hydrogen) atoms. The zero-order chi connectivity index (χ0) is 13.8. The summed E-state index contributed by atoms with van der Waals surface area (Å²) in [5.74, 6) is 1.40. The molecule has 1 aliphatic heterocycles. The maximum Gasteiger partial charge on any atom is 0.241 e. The van der Waals surface area contributed by atoms with Crippen LogP contribution in [0.15, 0.2) is 0 Å². The van der Waals surface area contributed by atoms with E-state index in [1.165, 1.54) is 12.8 Å². The van der Waals surface area contributed by atoms with E-state index in [1.54, 1.807) is 0 Å². The highest BCUT2D eigenvalue weighted by atomic mass is 16.5. The molecule has 1 N–H and O–H groups in total. The molecule has 0 bridgehead atoms. The second-order valence-electron chi connectivity index (χ2n) is 6.24. The fourth-order valence-electron chi connectivity index (χ4n) is 2.65. The molecular weight excluding hydrogens is 240 g/mol. The van der Waals surface area contributed by atoms with E-state index in [-0.39, 0.29) is 18.1 Å². The largest absolute Gasteiger partial charge is 0.379 e. The molecule has 2 unspecified atom stereocenters. The number of hydrogen-bond donors (Lipinski definition) is 1. The van der Waals surface area contributed by atoms with Crippen molar-refractivity contribution in [1.29, 1.82) is 0 Å². The second-order valence-corrected chi connectivity index (χ2v) is 6.24. The average Bonchev–Trinajstić information content (AvgIpc) is 3.13. The fraction of sp³-hybridized carbons (Fsp3) is 0.933. The number of carbonyl (C=O) groups excluding carboxylic acids is 1. The van der Waals surface area contributed by atoms with Gasteiger partial charge in [-0.25, -0.2) is 0 Å². The Morgan fingerprint density at radius 2 is 2.16 bits per heavy atom. The van der Waals surface area contributed by atoms with Crippen molar-refractivity contribution >= 4 is 5.91 Å². The molecule has 1 saturated heterocycles. The molecule has 1 heterocycles. The summed E-state index contributed by atoms with van der Waals surface area (Å²) in [7, 11) is 0. The van der Waals surface area contributed by atoms with Gasteiger partial charge in [-0.3, -0.25) is 10.1 Å². The first-order valence-electron chi connectivity index (χ1n) is 7.77. The van der Waals surface area contributed by atoms with Crippen LogP contribution in [0.25, 0.3) is 0 Å². The van der Waals surface area contributed by atoms with Gasteiger partial charge in [0.2, 0.25) is 5.91 Å².